The number of aryl methyl sites for hydroxylation is 1. The minimum absolute atomic E-state index is 0.139. The molecule has 22 heavy (non-hydrogen) atoms. The molecule has 0 saturated heterocycles. The monoisotopic (exact) mass is 308 g/mol. The van der Waals surface area contributed by atoms with E-state index in [9.17, 15) is 4.79 Å². The van der Waals surface area contributed by atoms with Crippen LogP contribution in [0, 0.1) is 6.92 Å². The number of nitrogens with one attached hydrogen (secondary N) is 1. The first-order valence-corrected chi connectivity index (χ1v) is 8.01. The summed E-state index contributed by atoms with van der Waals surface area (Å²) in [5.41, 5.74) is 0.752. The third-order valence-electron chi connectivity index (χ3n) is 3.40. The molecule has 0 aliphatic heterocycles. The Hall–Kier alpha value is -1.62. The van der Waals surface area contributed by atoms with Gasteiger partial charge in [0.15, 0.2) is 0 Å². The van der Waals surface area contributed by atoms with Crippen LogP contribution in [0.5, 0.6) is 5.88 Å². The highest BCUT2D eigenvalue weighted by molar-refractivity contribution is 5.97. The van der Waals surface area contributed by atoms with Crippen LogP contribution in [0.1, 0.15) is 52.5 Å². The number of carbonyl (C=O) groups is 1. The summed E-state index contributed by atoms with van der Waals surface area (Å²) in [4.78, 5) is 16.8. The van der Waals surface area contributed by atoms with Gasteiger partial charge in [0, 0.05) is 12.2 Å². The van der Waals surface area contributed by atoms with Crippen molar-refractivity contribution in [3.8, 4) is 5.88 Å². The number of anilines is 1. The summed E-state index contributed by atoms with van der Waals surface area (Å²) in [5, 5.41) is 2.89. The molecule has 0 aliphatic rings. The van der Waals surface area contributed by atoms with Gasteiger partial charge in [-0.3, -0.25) is 4.79 Å². The van der Waals surface area contributed by atoms with Crippen molar-refractivity contribution in [2.45, 2.75) is 59.5 Å². The number of rotatable bonds is 9. The Labute approximate surface area is 133 Å². The lowest BCUT2D eigenvalue weighted by atomic mass is 9.99. The molecule has 1 aromatic heterocycles. The van der Waals surface area contributed by atoms with Crippen LogP contribution in [0.2, 0.25) is 0 Å². The molecular formula is C17H28N2O3. The zero-order valence-corrected chi connectivity index (χ0v) is 14.4. The number of hydrogen-bond donors (Lipinski definition) is 1. The molecule has 0 aromatic carbocycles. The molecule has 1 heterocycles. The second kappa shape index (κ2) is 8.73. The van der Waals surface area contributed by atoms with Crippen LogP contribution in [-0.2, 0) is 9.53 Å². The van der Waals surface area contributed by atoms with E-state index in [0.29, 0.717) is 31.2 Å². The van der Waals surface area contributed by atoms with Crippen LogP contribution < -0.4 is 10.1 Å². The third kappa shape index (κ3) is 4.98. The average molecular weight is 308 g/mol. The average Bonchev–Trinajstić information content (AvgIpc) is 2.47. The van der Waals surface area contributed by atoms with Gasteiger partial charge in [-0.15, -0.1) is 0 Å². The van der Waals surface area contributed by atoms with Gasteiger partial charge in [-0.25, -0.2) is 4.98 Å². The van der Waals surface area contributed by atoms with E-state index in [1.165, 1.54) is 0 Å². The summed E-state index contributed by atoms with van der Waals surface area (Å²) in [6.45, 7) is 10.9. The van der Waals surface area contributed by atoms with Crippen molar-refractivity contribution in [3.05, 3.63) is 17.8 Å². The Morgan fingerprint density at radius 1 is 1.32 bits per heavy atom. The van der Waals surface area contributed by atoms with Crippen LogP contribution in [0.15, 0.2) is 12.3 Å². The molecule has 5 heteroatoms. The molecule has 1 N–H and O–H groups in total. The molecule has 0 saturated carbocycles. The lowest BCUT2D eigenvalue weighted by molar-refractivity contribution is -0.139. The van der Waals surface area contributed by atoms with Gasteiger partial charge in [0.1, 0.15) is 5.60 Å². The van der Waals surface area contributed by atoms with Crippen molar-refractivity contribution in [2.24, 2.45) is 0 Å². The standard InChI is InChI=1S/C17H28N2O3/c1-6-9-17(5,22-8-3)16(20)19-14-11-13(4)15(18-12-14)21-10-7-2/h11-12H,6-10H2,1-5H3,(H,19,20). The number of pyridine rings is 1. The number of nitrogens with zero attached hydrogens (tertiary/aromatic N) is 1. The second-order valence-electron chi connectivity index (χ2n) is 5.56. The Kier molecular flexibility index (Phi) is 7.32. The van der Waals surface area contributed by atoms with E-state index in [1.807, 2.05) is 40.7 Å². The van der Waals surface area contributed by atoms with Crippen LogP contribution >= 0.6 is 0 Å². The van der Waals surface area contributed by atoms with Crippen molar-refractivity contribution < 1.29 is 14.3 Å². The fourth-order valence-corrected chi connectivity index (χ4v) is 2.29. The maximum atomic E-state index is 12.5. The molecule has 1 unspecified atom stereocenters. The van der Waals surface area contributed by atoms with Gasteiger partial charge < -0.3 is 14.8 Å². The van der Waals surface area contributed by atoms with Gasteiger partial charge >= 0.3 is 0 Å². The maximum absolute atomic E-state index is 12.5. The summed E-state index contributed by atoms with van der Waals surface area (Å²) < 4.78 is 11.2. The van der Waals surface area contributed by atoms with Gasteiger partial charge in [0.25, 0.3) is 5.91 Å². The molecular weight excluding hydrogens is 280 g/mol. The number of ether oxygens (including phenoxy) is 2. The summed E-state index contributed by atoms with van der Waals surface area (Å²) in [6.07, 6.45) is 4.11. The zero-order chi connectivity index (χ0) is 16.6. The summed E-state index contributed by atoms with van der Waals surface area (Å²) in [7, 11) is 0. The fourth-order valence-electron chi connectivity index (χ4n) is 2.29. The highest BCUT2D eigenvalue weighted by Crippen LogP contribution is 2.23. The van der Waals surface area contributed by atoms with E-state index in [1.54, 1.807) is 6.20 Å². The molecule has 124 valence electrons. The minimum atomic E-state index is -0.811. The Balaban J connectivity index is 2.80. The van der Waals surface area contributed by atoms with Crippen molar-refractivity contribution >= 4 is 11.6 Å². The Morgan fingerprint density at radius 2 is 2.05 bits per heavy atom. The molecule has 1 rings (SSSR count). The summed E-state index contributed by atoms with van der Waals surface area (Å²) in [5.74, 6) is 0.473. The first-order valence-electron chi connectivity index (χ1n) is 8.01. The van der Waals surface area contributed by atoms with Gasteiger partial charge in [0.05, 0.1) is 18.5 Å². The van der Waals surface area contributed by atoms with Gasteiger partial charge in [-0.2, -0.15) is 0 Å². The van der Waals surface area contributed by atoms with Crippen LogP contribution in [0.25, 0.3) is 0 Å². The number of aromatic nitrogens is 1. The lowest BCUT2D eigenvalue weighted by Crippen LogP contribution is -2.42. The Morgan fingerprint density at radius 3 is 2.59 bits per heavy atom. The first kappa shape index (κ1) is 18.4. The molecule has 1 atom stereocenters. The molecule has 0 aliphatic carbocycles. The van der Waals surface area contributed by atoms with E-state index < -0.39 is 5.60 Å². The Bertz CT molecular complexity index is 483. The number of hydrogen-bond acceptors (Lipinski definition) is 4. The smallest absolute Gasteiger partial charge is 0.256 e. The van der Waals surface area contributed by atoms with E-state index >= 15 is 0 Å². The number of amides is 1. The third-order valence-corrected chi connectivity index (χ3v) is 3.40. The van der Waals surface area contributed by atoms with E-state index in [-0.39, 0.29) is 5.91 Å². The van der Waals surface area contributed by atoms with Gasteiger partial charge in [-0.1, -0.05) is 20.3 Å². The molecule has 0 radical (unpaired) electrons. The number of carbonyl (C=O) groups excluding carboxylic acids is 1. The highest BCUT2D eigenvalue weighted by atomic mass is 16.5. The largest absolute Gasteiger partial charge is 0.477 e. The molecule has 0 bridgehead atoms. The predicted octanol–water partition coefficient (Wildman–Crippen LogP) is 3.71. The van der Waals surface area contributed by atoms with Crippen LogP contribution in [0.3, 0.4) is 0 Å². The minimum Gasteiger partial charge on any atom is -0.477 e. The van der Waals surface area contributed by atoms with Crippen molar-refractivity contribution in [3.63, 3.8) is 0 Å². The lowest BCUT2D eigenvalue weighted by Gasteiger charge is -2.27. The predicted molar refractivity (Wildman–Crippen MR) is 88.3 cm³/mol. The summed E-state index contributed by atoms with van der Waals surface area (Å²) >= 11 is 0. The molecule has 1 aromatic rings. The summed E-state index contributed by atoms with van der Waals surface area (Å²) in [6, 6.07) is 1.87. The highest BCUT2D eigenvalue weighted by Gasteiger charge is 2.33. The van der Waals surface area contributed by atoms with Crippen LogP contribution in [0.4, 0.5) is 5.69 Å². The first-order chi connectivity index (χ1) is 10.5. The topological polar surface area (TPSA) is 60.5 Å². The van der Waals surface area contributed by atoms with Gasteiger partial charge in [0.2, 0.25) is 5.88 Å². The molecule has 0 fully saturated rings. The van der Waals surface area contributed by atoms with Crippen molar-refractivity contribution in [1.29, 1.82) is 0 Å². The van der Waals surface area contributed by atoms with Gasteiger partial charge in [-0.05, 0) is 39.7 Å². The van der Waals surface area contributed by atoms with Crippen molar-refractivity contribution in [1.82, 2.24) is 4.98 Å². The van der Waals surface area contributed by atoms with E-state index in [2.05, 4.69) is 10.3 Å². The SMILES string of the molecule is CCCOc1ncc(NC(=O)C(C)(CCC)OCC)cc1C. The van der Waals surface area contributed by atoms with E-state index in [4.69, 9.17) is 9.47 Å². The second-order valence-corrected chi connectivity index (χ2v) is 5.56. The zero-order valence-electron chi connectivity index (χ0n) is 14.4. The van der Waals surface area contributed by atoms with Crippen LogP contribution in [-0.4, -0.2) is 29.7 Å². The van der Waals surface area contributed by atoms with E-state index in [0.717, 1.165) is 18.4 Å². The molecule has 5 nitrogen and oxygen atoms in total. The fraction of sp³-hybridized carbons (Fsp3) is 0.647. The van der Waals surface area contributed by atoms with Crippen molar-refractivity contribution in [2.75, 3.05) is 18.5 Å². The maximum Gasteiger partial charge on any atom is 0.256 e. The molecule has 1 amide bonds. The quantitative estimate of drug-likeness (QED) is 0.755. The molecule has 0 spiro atoms. The normalized spacial score (nSPS) is 13.5.